The van der Waals surface area contributed by atoms with E-state index in [9.17, 15) is 4.79 Å². The van der Waals surface area contributed by atoms with Crippen molar-refractivity contribution in [3.05, 3.63) is 24.0 Å². The summed E-state index contributed by atoms with van der Waals surface area (Å²) in [5.74, 6) is 5.14. The Hall–Kier alpha value is -1.66. The van der Waals surface area contributed by atoms with Crippen LogP contribution in [0.2, 0.25) is 0 Å². The van der Waals surface area contributed by atoms with Crippen LogP contribution in [0.3, 0.4) is 0 Å². The van der Waals surface area contributed by atoms with Gasteiger partial charge in [0.2, 0.25) is 0 Å². The standard InChI is InChI=1S/C13H21N5O/c1-2-18(11-3-4-11)8-7-16-13(19)12-9-10(17-14)5-6-15-12/h5-6,9,11H,2-4,7-8,14H2,1H3,(H,15,17)(H,16,19). The molecule has 6 heteroatoms. The molecule has 4 N–H and O–H groups in total. The Morgan fingerprint density at radius 3 is 3.00 bits per heavy atom. The summed E-state index contributed by atoms with van der Waals surface area (Å²) in [5.41, 5.74) is 3.55. The number of nitrogens with two attached hydrogens (primary N) is 1. The molecule has 6 nitrogen and oxygen atoms in total. The Morgan fingerprint density at radius 1 is 1.58 bits per heavy atom. The summed E-state index contributed by atoms with van der Waals surface area (Å²) >= 11 is 0. The van der Waals surface area contributed by atoms with Crippen LogP contribution in [0.15, 0.2) is 18.3 Å². The van der Waals surface area contributed by atoms with Gasteiger partial charge in [-0.25, -0.2) is 0 Å². The Labute approximate surface area is 113 Å². The molecule has 0 atom stereocenters. The number of aromatic nitrogens is 1. The van der Waals surface area contributed by atoms with E-state index in [1.807, 2.05) is 0 Å². The van der Waals surface area contributed by atoms with Gasteiger partial charge >= 0.3 is 0 Å². The summed E-state index contributed by atoms with van der Waals surface area (Å²) in [6.45, 7) is 4.72. The predicted octanol–water partition coefficient (Wildman–Crippen LogP) is 0.581. The zero-order valence-corrected chi connectivity index (χ0v) is 11.2. The monoisotopic (exact) mass is 263 g/mol. The minimum atomic E-state index is -0.163. The molecule has 0 radical (unpaired) electrons. The number of nitrogens with zero attached hydrogens (tertiary/aromatic N) is 2. The lowest BCUT2D eigenvalue weighted by atomic mass is 10.3. The van der Waals surface area contributed by atoms with Gasteiger partial charge in [-0.2, -0.15) is 0 Å². The number of carbonyl (C=O) groups is 1. The van der Waals surface area contributed by atoms with Crippen LogP contribution in [0.1, 0.15) is 30.3 Å². The normalized spacial score (nSPS) is 14.5. The maximum absolute atomic E-state index is 11.9. The largest absolute Gasteiger partial charge is 0.349 e. The fourth-order valence-electron chi connectivity index (χ4n) is 2.09. The average molecular weight is 263 g/mol. The van der Waals surface area contributed by atoms with Crippen LogP contribution >= 0.6 is 0 Å². The van der Waals surface area contributed by atoms with Crippen LogP contribution in [0.4, 0.5) is 5.69 Å². The fourth-order valence-corrected chi connectivity index (χ4v) is 2.09. The lowest BCUT2D eigenvalue weighted by Crippen LogP contribution is -2.36. The van der Waals surface area contributed by atoms with E-state index in [2.05, 4.69) is 27.6 Å². The van der Waals surface area contributed by atoms with E-state index in [4.69, 9.17) is 5.84 Å². The van der Waals surface area contributed by atoms with Gasteiger partial charge in [0.25, 0.3) is 5.91 Å². The van der Waals surface area contributed by atoms with Crippen molar-refractivity contribution in [1.82, 2.24) is 15.2 Å². The number of carbonyl (C=O) groups excluding carboxylic acids is 1. The number of hydrogen-bond donors (Lipinski definition) is 3. The minimum absolute atomic E-state index is 0.163. The third kappa shape index (κ3) is 3.90. The van der Waals surface area contributed by atoms with Crippen molar-refractivity contribution in [1.29, 1.82) is 0 Å². The number of rotatable bonds is 7. The second-order valence-electron chi connectivity index (χ2n) is 4.69. The summed E-state index contributed by atoms with van der Waals surface area (Å²) in [4.78, 5) is 18.3. The minimum Gasteiger partial charge on any atom is -0.349 e. The molecule has 1 amide bonds. The van der Waals surface area contributed by atoms with Crippen LogP contribution in [0.25, 0.3) is 0 Å². The Kier molecular flexibility index (Phi) is 4.70. The van der Waals surface area contributed by atoms with Crippen LogP contribution in [-0.2, 0) is 0 Å². The topological polar surface area (TPSA) is 83.3 Å². The SMILES string of the molecule is CCN(CCNC(=O)c1cc(NN)ccn1)C1CC1. The van der Waals surface area contributed by atoms with Crippen molar-refractivity contribution in [2.24, 2.45) is 5.84 Å². The number of nitrogens with one attached hydrogen (secondary N) is 2. The Balaban J connectivity index is 1.79. The molecule has 1 heterocycles. The second kappa shape index (κ2) is 6.49. The molecule has 0 spiro atoms. The molecule has 1 fully saturated rings. The molecular weight excluding hydrogens is 242 g/mol. The van der Waals surface area contributed by atoms with Crippen molar-refractivity contribution < 1.29 is 4.79 Å². The van der Waals surface area contributed by atoms with E-state index in [1.165, 1.54) is 12.8 Å². The molecule has 1 aromatic heterocycles. The van der Waals surface area contributed by atoms with Gasteiger partial charge in [0.1, 0.15) is 5.69 Å². The van der Waals surface area contributed by atoms with E-state index in [0.717, 1.165) is 19.1 Å². The van der Waals surface area contributed by atoms with Crippen molar-refractivity contribution in [2.45, 2.75) is 25.8 Å². The van der Waals surface area contributed by atoms with Crippen LogP contribution in [0.5, 0.6) is 0 Å². The maximum Gasteiger partial charge on any atom is 0.269 e. The molecule has 1 aromatic rings. The van der Waals surface area contributed by atoms with E-state index < -0.39 is 0 Å². The summed E-state index contributed by atoms with van der Waals surface area (Å²) in [5, 5.41) is 2.89. The first-order valence-electron chi connectivity index (χ1n) is 6.69. The van der Waals surface area contributed by atoms with Crippen molar-refractivity contribution in [3.63, 3.8) is 0 Å². The summed E-state index contributed by atoms with van der Waals surface area (Å²) in [6, 6.07) is 4.07. The van der Waals surface area contributed by atoms with Gasteiger partial charge in [-0.1, -0.05) is 6.92 Å². The first-order chi connectivity index (χ1) is 9.24. The molecular formula is C13H21N5O. The van der Waals surface area contributed by atoms with Gasteiger partial charge in [-0.15, -0.1) is 0 Å². The summed E-state index contributed by atoms with van der Waals surface area (Å²) in [6.07, 6.45) is 4.13. The number of hydrogen-bond acceptors (Lipinski definition) is 5. The van der Waals surface area contributed by atoms with Gasteiger partial charge in [0.05, 0.1) is 5.69 Å². The lowest BCUT2D eigenvalue weighted by molar-refractivity contribution is 0.0943. The zero-order chi connectivity index (χ0) is 13.7. The van der Waals surface area contributed by atoms with Gasteiger partial charge < -0.3 is 10.7 Å². The van der Waals surface area contributed by atoms with E-state index in [-0.39, 0.29) is 5.91 Å². The Morgan fingerprint density at radius 2 is 2.37 bits per heavy atom. The molecule has 104 valence electrons. The van der Waals surface area contributed by atoms with E-state index in [1.54, 1.807) is 18.3 Å². The quantitative estimate of drug-likeness (QED) is 0.495. The molecule has 0 saturated heterocycles. The van der Waals surface area contributed by atoms with Crippen LogP contribution in [0, 0.1) is 0 Å². The van der Waals surface area contributed by atoms with Crippen molar-refractivity contribution >= 4 is 11.6 Å². The molecule has 2 rings (SSSR count). The highest BCUT2D eigenvalue weighted by Crippen LogP contribution is 2.25. The van der Waals surface area contributed by atoms with Gasteiger partial charge in [-0.3, -0.25) is 20.5 Å². The number of likely N-dealkylation sites (N-methyl/N-ethyl adjacent to an activating group) is 1. The molecule has 0 aromatic carbocycles. The van der Waals surface area contributed by atoms with Gasteiger partial charge in [0, 0.05) is 25.3 Å². The molecule has 0 aliphatic heterocycles. The Bertz CT molecular complexity index is 433. The van der Waals surface area contributed by atoms with Gasteiger partial charge in [0.15, 0.2) is 0 Å². The van der Waals surface area contributed by atoms with E-state index >= 15 is 0 Å². The van der Waals surface area contributed by atoms with Crippen molar-refractivity contribution in [3.8, 4) is 0 Å². The molecule has 1 aliphatic carbocycles. The molecule has 0 unspecified atom stereocenters. The first-order valence-corrected chi connectivity index (χ1v) is 6.69. The van der Waals surface area contributed by atoms with E-state index in [0.29, 0.717) is 17.9 Å². The number of amides is 1. The number of anilines is 1. The highest BCUT2D eigenvalue weighted by Gasteiger charge is 2.27. The van der Waals surface area contributed by atoms with Crippen LogP contribution < -0.4 is 16.6 Å². The molecule has 0 bridgehead atoms. The maximum atomic E-state index is 11.9. The van der Waals surface area contributed by atoms with Gasteiger partial charge in [-0.05, 0) is 31.5 Å². The first kappa shape index (κ1) is 13.8. The van der Waals surface area contributed by atoms with Crippen molar-refractivity contribution in [2.75, 3.05) is 25.1 Å². The molecule has 19 heavy (non-hydrogen) atoms. The summed E-state index contributed by atoms with van der Waals surface area (Å²) in [7, 11) is 0. The third-order valence-electron chi connectivity index (χ3n) is 3.31. The summed E-state index contributed by atoms with van der Waals surface area (Å²) < 4.78 is 0. The van der Waals surface area contributed by atoms with Crippen LogP contribution in [-0.4, -0.2) is 41.5 Å². The average Bonchev–Trinajstić information content (AvgIpc) is 3.28. The molecule has 1 aliphatic rings. The molecule has 1 saturated carbocycles. The second-order valence-corrected chi connectivity index (χ2v) is 4.69. The lowest BCUT2D eigenvalue weighted by Gasteiger charge is -2.19. The highest BCUT2D eigenvalue weighted by atomic mass is 16.1. The zero-order valence-electron chi connectivity index (χ0n) is 11.2. The smallest absolute Gasteiger partial charge is 0.269 e. The number of nitrogen functional groups attached to an aromatic ring is 1. The predicted molar refractivity (Wildman–Crippen MR) is 74.6 cm³/mol. The fraction of sp³-hybridized carbons (Fsp3) is 0.538. The number of hydrazine groups is 1. The highest BCUT2D eigenvalue weighted by molar-refractivity contribution is 5.93. The third-order valence-corrected chi connectivity index (χ3v) is 3.31. The number of pyridine rings is 1.